The molecule has 1 amide bonds. The zero-order valence-corrected chi connectivity index (χ0v) is 23.4. The summed E-state index contributed by atoms with van der Waals surface area (Å²) in [5.74, 6) is 1.23. The first kappa shape index (κ1) is 28.9. The van der Waals surface area contributed by atoms with Crippen LogP contribution in [0.15, 0.2) is 71.2 Å². The van der Waals surface area contributed by atoms with Crippen LogP contribution in [0.1, 0.15) is 35.4 Å². The van der Waals surface area contributed by atoms with Crippen molar-refractivity contribution in [2.45, 2.75) is 38.1 Å². The van der Waals surface area contributed by atoms with Gasteiger partial charge in [-0.15, -0.1) is 0 Å². The first-order valence-corrected chi connectivity index (χ1v) is 13.7. The molecular weight excluding hydrogens is 569 g/mol. The summed E-state index contributed by atoms with van der Waals surface area (Å²) in [6, 6.07) is 20.1. The molecule has 0 bridgehead atoms. The van der Waals surface area contributed by atoms with Gasteiger partial charge in [-0.05, 0) is 53.9 Å². The van der Waals surface area contributed by atoms with Crippen molar-refractivity contribution < 1.29 is 33.2 Å². The maximum absolute atomic E-state index is 13.7. The van der Waals surface area contributed by atoms with Gasteiger partial charge in [-0.1, -0.05) is 46.3 Å². The lowest BCUT2D eigenvalue weighted by molar-refractivity contribution is -0.0202. The van der Waals surface area contributed by atoms with Crippen LogP contribution in [0, 0.1) is 5.82 Å². The van der Waals surface area contributed by atoms with Gasteiger partial charge in [0.1, 0.15) is 17.3 Å². The summed E-state index contributed by atoms with van der Waals surface area (Å²) < 4.78 is 37.6. The highest BCUT2D eigenvalue weighted by molar-refractivity contribution is 9.10. The minimum Gasteiger partial charge on any atom is -0.496 e. The molecule has 4 rings (SSSR count). The highest BCUT2D eigenvalue weighted by Gasteiger charge is 2.33. The number of carboxylic acid groups (broad SMARTS) is 1. The van der Waals surface area contributed by atoms with Crippen molar-refractivity contribution in [1.82, 2.24) is 4.90 Å². The summed E-state index contributed by atoms with van der Waals surface area (Å²) in [5, 5.41) is 9.52. The number of carbonyl (C=O) groups is 1. The second-order valence-corrected chi connectivity index (χ2v) is 10.2. The van der Waals surface area contributed by atoms with E-state index in [1.165, 1.54) is 17.0 Å². The predicted octanol–water partition coefficient (Wildman–Crippen LogP) is 6.64. The number of nitrogens with zero attached hydrogens (tertiary/aromatic N) is 1. The van der Waals surface area contributed by atoms with E-state index in [0.29, 0.717) is 38.3 Å². The molecule has 1 heterocycles. The number of amides is 1. The lowest BCUT2D eigenvalue weighted by atomic mass is 9.87. The molecule has 1 saturated heterocycles. The minimum absolute atomic E-state index is 0.00497. The Kier molecular flexibility index (Phi) is 10.6. The number of rotatable bonds is 12. The van der Waals surface area contributed by atoms with Gasteiger partial charge in [0, 0.05) is 28.9 Å². The standard InChI is InChI=1S/C30H33BrFNO6/c1-36-28-6-3-2-5-22(28)19-37-15-4-16-38-25-10-7-21(8-11-25)26-13-14-33(30(34)35)18-29(26)39-20-23-17-24(32)9-12-27(23)31/h2-3,5-12,17,26,29H,4,13-16,18-20H2,1H3,(H,34,35). The minimum atomic E-state index is -0.968. The number of para-hydroxylation sites is 1. The number of hydrogen-bond acceptors (Lipinski definition) is 5. The number of piperidine rings is 1. The summed E-state index contributed by atoms with van der Waals surface area (Å²) in [6.45, 7) is 2.43. The molecule has 7 nitrogen and oxygen atoms in total. The maximum Gasteiger partial charge on any atom is 0.407 e. The highest BCUT2D eigenvalue weighted by atomic mass is 79.9. The molecule has 2 unspecified atom stereocenters. The van der Waals surface area contributed by atoms with E-state index in [4.69, 9.17) is 18.9 Å². The van der Waals surface area contributed by atoms with Gasteiger partial charge in [-0.25, -0.2) is 9.18 Å². The zero-order valence-electron chi connectivity index (χ0n) is 21.9. The van der Waals surface area contributed by atoms with E-state index in [9.17, 15) is 14.3 Å². The third-order valence-electron chi connectivity index (χ3n) is 6.75. The third kappa shape index (κ3) is 8.17. The first-order valence-electron chi connectivity index (χ1n) is 12.9. The molecule has 1 aliphatic rings. The third-order valence-corrected chi connectivity index (χ3v) is 7.52. The number of hydrogen-bond donors (Lipinski definition) is 1. The van der Waals surface area contributed by atoms with Crippen molar-refractivity contribution in [3.05, 3.63) is 93.7 Å². The molecule has 39 heavy (non-hydrogen) atoms. The van der Waals surface area contributed by atoms with Gasteiger partial charge in [0.15, 0.2) is 0 Å². The quantitative estimate of drug-likeness (QED) is 0.235. The van der Waals surface area contributed by atoms with Crippen molar-refractivity contribution >= 4 is 22.0 Å². The number of likely N-dealkylation sites (tertiary alicyclic amines) is 1. The summed E-state index contributed by atoms with van der Waals surface area (Å²) >= 11 is 3.43. The molecule has 1 N–H and O–H groups in total. The molecule has 0 radical (unpaired) electrons. The Bertz CT molecular complexity index is 1220. The molecule has 0 spiro atoms. The van der Waals surface area contributed by atoms with Crippen molar-refractivity contribution in [2.24, 2.45) is 0 Å². The van der Waals surface area contributed by atoms with Crippen LogP contribution in [-0.4, -0.2) is 55.6 Å². The summed E-state index contributed by atoms with van der Waals surface area (Å²) in [6.07, 6.45) is 0.0444. The van der Waals surface area contributed by atoms with E-state index in [1.54, 1.807) is 13.2 Å². The SMILES string of the molecule is COc1ccccc1COCCCOc1ccc(C2CCN(C(=O)O)CC2OCc2cc(F)ccc2Br)cc1. The Labute approximate surface area is 236 Å². The molecule has 0 aliphatic carbocycles. The Balaban J connectivity index is 1.28. The van der Waals surface area contributed by atoms with Crippen LogP contribution in [0.3, 0.4) is 0 Å². The molecule has 9 heteroatoms. The maximum atomic E-state index is 13.7. The Morgan fingerprint density at radius 1 is 1.05 bits per heavy atom. The average Bonchev–Trinajstić information content (AvgIpc) is 2.95. The lowest BCUT2D eigenvalue weighted by Gasteiger charge is -2.37. The second-order valence-electron chi connectivity index (χ2n) is 9.34. The highest BCUT2D eigenvalue weighted by Crippen LogP contribution is 2.33. The molecule has 0 aromatic heterocycles. The Morgan fingerprint density at radius 2 is 1.85 bits per heavy atom. The van der Waals surface area contributed by atoms with Crippen LogP contribution in [0.25, 0.3) is 0 Å². The van der Waals surface area contributed by atoms with Gasteiger partial charge in [0.05, 0.1) is 46.2 Å². The smallest absolute Gasteiger partial charge is 0.407 e. The second kappa shape index (κ2) is 14.3. The molecule has 1 fully saturated rings. The van der Waals surface area contributed by atoms with Crippen LogP contribution in [0.2, 0.25) is 0 Å². The van der Waals surface area contributed by atoms with Gasteiger partial charge in [0.2, 0.25) is 0 Å². The fourth-order valence-corrected chi connectivity index (χ4v) is 5.02. The number of methoxy groups -OCH3 is 1. The molecule has 1 aliphatic heterocycles. The van der Waals surface area contributed by atoms with E-state index in [2.05, 4.69) is 15.9 Å². The van der Waals surface area contributed by atoms with E-state index >= 15 is 0 Å². The largest absolute Gasteiger partial charge is 0.496 e. The summed E-state index contributed by atoms with van der Waals surface area (Å²) in [5.41, 5.74) is 2.74. The number of benzene rings is 3. The number of ether oxygens (including phenoxy) is 4. The van der Waals surface area contributed by atoms with Gasteiger partial charge in [0.25, 0.3) is 0 Å². The molecular formula is C30H33BrFNO6. The normalized spacial score (nSPS) is 17.2. The monoisotopic (exact) mass is 601 g/mol. The molecule has 3 aromatic rings. The van der Waals surface area contributed by atoms with Gasteiger partial charge in [-0.2, -0.15) is 0 Å². The summed E-state index contributed by atoms with van der Waals surface area (Å²) in [7, 11) is 1.65. The van der Waals surface area contributed by atoms with Crippen molar-refractivity contribution in [2.75, 3.05) is 33.4 Å². The van der Waals surface area contributed by atoms with Crippen LogP contribution < -0.4 is 9.47 Å². The van der Waals surface area contributed by atoms with Crippen LogP contribution >= 0.6 is 15.9 Å². The topological polar surface area (TPSA) is 77.5 Å². The molecule has 3 aromatic carbocycles. The van der Waals surface area contributed by atoms with Crippen LogP contribution in [-0.2, 0) is 22.7 Å². The van der Waals surface area contributed by atoms with E-state index in [-0.39, 0.29) is 31.0 Å². The molecule has 2 atom stereocenters. The van der Waals surface area contributed by atoms with E-state index < -0.39 is 6.09 Å². The van der Waals surface area contributed by atoms with Gasteiger partial charge < -0.3 is 29.0 Å². The zero-order chi connectivity index (χ0) is 27.6. The van der Waals surface area contributed by atoms with Crippen molar-refractivity contribution in [1.29, 1.82) is 0 Å². The fraction of sp³-hybridized carbons (Fsp3) is 0.367. The molecule has 0 saturated carbocycles. The van der Waals surface area contributed by atoms with Crippen LogP contribution in [0.5, 0.6) is 11.5 Å². The average molecular weight is 602 g/mol. The van der Waals surface area contributed by atoms with Crippen molar-refractivity contribution in [3.63, 3.8) is 0 Å². The predicted molar refractivity (Wildman–Crippen MR) is 149 cm³/mol. The lowest BCUT2D eigenvalue weighted by Crippen LogP contribution is -2.46. The Morgan fingerprint density at radius 3 is 2.62 bits per heavy atom. The van der Waals surface area contributed by atoms with Crippen LogP contribution in [0.4, 0.5) is 9.18 Å². The molecule has 208 valence electrons. The summed E-state index contributed by atoms with van der Waals surface area (Å²) in [4.78, 5) is 13.0. The van der Waals surface area contributed by atoms with Gasteiger partial charge >= 0.3 is 6.09 Å². The fourth-order valence-electron chi connectivity index (χ4n) is 4.66. The van der Waals surface area contributed by atoms with E-state index in [1.807, 2.05) is 48.5 Å². The first-order chi connectivity index (χ1) is 18.9. The van der Waals surface area contributed by atoms with Gasteiger partial charge in [-0.3, -0.25) is 0 Å². The van der Waals surface area contributed by atoms with Crippen molar-refractivity contribution in [3.8, 4) is 11.5 Å². The van der Waals surface area contributed by atoms with E-state index in [0.717, 1.165) is 33.5 Å². The Hall–Kier alpha value is -3.14. The number of halogens is 2.